The van der Waals surface area contributed by atoms with Gasteiger partial charge in [0.1, 0.15) is 10.7 Å². The second-order valence-corrected chi connectivity index (χ2v) is 5.18. The highest BCUT2D eigenvalue weighted by atomic mass is 16.6. The van der Waals surface area contributed by atoms with E-state index in [0.717, 1.165) is 29.7 Å². The highest BCUT2D eigenvalue weighted by molar-refractivity contribution is 5.37. The van der Waals surface area contributed by atoms with E-state index in [-0.39, 0.29) is 11.9 Å². The molecule has 0 aliphatic heterocycles. The highest BCUT2D eigenvalue weighted by Crippen LogP contribution is 2.29. The minimum atomic E-state index is -0.510. The van der Waals surface area contributed by atoms with Crippen LogP contribution in [-0.4, -0.2) is 11.5 Å². The van der Waals surface area contributed by atoms with E-state index >= 15 is 0 Å². The minimum Gasteiger partial charge on any atom is -0.404 e. The minimum absolute atomic E-state index is 0.168. The number of hydrogen-bond acceptors (Lipinski definition) is 4. The summed E-state index contributed by atoms with van der Waals surface area (Å²) < 4.78 is 5.39. The van der Waals surface area contributed by atoms with E-state index in [4.69, 9.17) is 4.42 Å². The molecule has 1 aromatic heterocycles. The second-order valence-electron chi connectivity index (χ2n) is 5.18. The molecular formula is C16H20N2O3. The van der Waals surface area contributed by atoms with Gasteiger partial charge < -0.3 is 9.73 Å². The van der Waals surface area contributed by atoms with Crippen molar-refractivity contribution in [2.75, 3.05) is 6.54 Å². The maximum atomic E-state index is 10.8. The van der Waals surface area contributed by atoms with Gasteiger partial charge in [0, 0.05) is 0 Å². The van der Waals surface area contributed by atoms with E-state index in [1.54, 1.807) is 6.07 Å². The number of hydrogen-bond donors (Lipinski definition) is 1. The summed E-state index contributed by atoms with van der Waals surface area (Å²) in [4.78, 5) is 10.3. The van der Waals surface area contributed by atoms with Gasteiger partial charge in [0.25, 0.3) is 0 Å². The fourth-order valence-electron chi connectivity index (χ4n) is 2.32. The quantitative estimate of drug-likeness (QED) is 0.646. The number of nitro groups is 1. The SMILES string of the molecule is CCCNC(c1ccc([N+](=O)[O-])o1)c1cc(C)ccc1C. The average Bonchev–Trinajstić information content (AvgIpc) is 2.93. The Morgan fingerprint density at radius 2 is 2.05 bits per heavy atom. The van der Waals surface area contributed by atoms with Crippen LogP contribution in [0.25, 0.3) is 0 Å². The zero-order chi connectivity index (χ0) is 15.4. The van der Waals surface area contributed by atoms with Gasteiger partial charge in [0.15, 0.2) is 0 Å². The van der Waals surface area contributed by atoms with Gasteiger partial charge in [-0.3, -0.25) is 10.1 Å². The molecule has 112 valence electrons. The third-order valence-corrected chi connectivity index (χ3v) is 3.42. The Hall–Kier alpha value is -2.14. The van der Waals surface area contributed by atoms with Gasteiger partial charge in [0.05, 0.1) is 12.1 Å². The molecule has 0 aliphatic carbocycles. The Morgan fingerprint density at radius 1 is 1.29 bits per heavy atom. The smallest absolute Gasteiger partial charge is 0.404 e. The lowest BCUT2D eigenvalue weighted by molar-refractivity contribution is -0.402. The fraction of sp³-hybridized carbons (Fsp3) is 0.375. The molecule has 2 rings (SSSR count). The van der Waals surface area contributed by atoms with E-state index in [1.807, 2.05) is 13.8 Å². The Kier molecular flexibility index (Phi) is 4.75. The van der Waals surface area contributed by atoms with Crippen LogP contribution in [0.3, 0.4) is 0 Å². The molecule has 0 aliphatic rings. The topological polar surface area (TPSA) is 68.3 Å². The van der Waals surface area contributed by atoms with Crippen molar-refractivity contribution in [2.45, 2.75) is 33.2 Å². The summed E-state index contributed by atoms with van der Waals surface area (Å²) in [6.45, 7) is 6.96. The van der Waals surface area contributed by atoms with Crippen molar-refractivity contribution in [3.8, 4) is 0 Å². The third-order valence-electron chi connectivity index (χ3n) is 3.42. The number of benzene rings is 1. The molecule has 2 aromatic rings. The largest absolute Gasteiger partial charge is 0.433 e. The maximum Gasteiger partial charge on any atom is 0.433 e. The molecule has 0 fully saturated rings. The van der Waals surface area contributed by atoms with Crippen LogP contribution in [0.5, 0.6) is 0 Å². The summed E-state index contributed by atoms with van der Waals surface area (Å²) in [5, 5.41) is 14.2. The van der Waals surface area contributed by atoms with Crippen molar-refractivity contribution < 1.29 is 9.34 Å². The van der Waals surface area contributed by atoms with Crippen LogP contribution >= 0.6 is 0 Å². The zero-order valence-corrected chi connectivity index (χ0v) is 12.6. The van der Waals surface area contributed by atoms with Gasteiger partial charge in [-0.2, -0.15) is 0 Å². The van der Waals surface area contributed by atoms with Crippen molar-refractivity contribution in [1.29, 1.82) is 0 Å². The standard InChI is InChI=1S/C16H20N2O3/c1-4-9-17-16(13-10-11(2)5-6-12(13)3)14-7-8-15(21-14)18(19)20/h5-8,10,16-17H,4,9H2,1-3H3. The van der Waals surface area contributed by atoms with Gasteiger partial charge in [-0.15, -0.1) is 0 Å². The normalized spacial score (nSPS) is 12.3. The molecule has 0 saturated carbocycles. The molecule has 0 radical (unpaired) electrons. The van der Waals surface area contributed by atoms with Crippen LogP contribution in [0.15, 0.2) is 34.7 Å². The average molecular weight is 288 g/mol. The molecule has 5 heteroatoms. The predicted molar refractivity (Wildman–Crippen MR) is 81.4 cm³/mol. The Labute approximate surface area is 124 Å². The van der Waals surface area contributed by atoms with Crippen molar-refractivity contribution in [3.63, 3.8) is 0 Å². The molecule has 1 atom stereocenters. The summed E-state index contributed by atoms with van der Waals surface area (Å²) in [6, 6.07) is 9.12. The molecule has 0 amide bonds. The predicted octanol–water partition coefficient (Wildman–Crippen LogP) is 3.89. The molecule has 5 nitrogen and oxygen atoms in total. The van der Waals surface area contributed by atoms with Gasteiger partial charge in [-0.05, 0) is 44.0 Å². The number of rotatable bonds is 6. The number of aryl methyl sites for hydroxylation is 2. The first kappa shape index (κ1) is 15.3. The zero-order valence-electron chi connectivity index (χ0n) is 12.6. The van der Waals surface area contributed by atoms with Crippen LogP contribution < -0.4 is 5.32 Å². The lowest BCUT2D eigenvalue weighted by atomic mass is 9.97. The van der Waals surface area contributed by atoms with E-state index in [2.05, 4.69) is 30.4 Å². The summed E-state index contributed by atoms with van der Waals surface area (Å²) in [6.07, 6.45) is 0.976. The monoisotopic (exact) mass is 288 g/mol. The Bertz CT molecular complexity index is 634. The third kappa shape index (κ3) is 3.49. The molecule has 0 bridgehead atoms. The van der Waals surface area contributed by atoms with Crippen molar-refractivity contribution in [3.05, 3.63) is 62.9 Å². The van der Waals surface area contributed by atoms with Crippen LogP contribution in [-0.2, 0) is 0 Å². The first-order chi connectivity index (χ1) is 10.0. The van der Waals surface area contributed by atoms with E-state index < -0.39 is 4.92 Å². The van der Waals surface area contributed by atoms with Crippen molar-refractivity contribution in [1.82, 2.24) is 5.32 Å². The van der Waals surface area contributed by atoms with Crippen molar-refractivity contribution in [2.24, 2.45) is 0 Å². The summed E-state index contributed by atoms with van der Waals surface area (Å²) >= 11 is 0. The Morgan fingerprint density at radius 3 is 2.67 bits per heavy atom. The first-order valence-corrected chi connectivity index (χ1v) is 7.07. The van der Waals surface area contributed by atoms with E-state index in [1.165, 1.54) is 6.07 Å². The van der Waals surface area contributed by atoms with Gasteiger partial charge >= 0.3 is 5.88 Å². The van der Waals surface area contributed by atoms with Crippen LogP contribution in [0, 0.1) is 24.0 Å². The molecule has 21 heavy (non-hydrogen) atoms. The second kappa shape index (κ2) is 6.54. The lowest BCUT2D eigenvalue weighted by Gasteiger charge is -2.19. The summed E-state index contributed by atoms with van der Waals surface area (Å²) in [5.41, 5.74) is 3.38. The van der Waals surface area contributed by atoms with E-state index in [0.29, 0.717) is 5.76 Å². The lowest BCUT2D eigenvalue weighted by Crippen LogP contribution is -2.23. The molecule has 1 N–H and O–H groups in total. The molecule has 0 spiro atoms. The maximum absolute atomic E-state index is 10.8. The van der Waals surface area contributed by atoms with Gasteiger partial charge in [-0.1, -0.05) is 30.7 Å². The van der Waals surface area contributed by atoms with Crippen LogP contribution in [0.4, 0.5) is 5.88 Å². The summed E-state index contributed by atoms with van der Waals surface area (Å²) in [5.74, 6) is 0.349. The molecule has 1 heterocycles. The van der Waals surface area contributed by atoms with Gasteiger partial charge in [-0.25, -0.2) is 0 Å². The van der Waals surface area contributed by atoms with Crippen LogP contribution in [0.1, 0.15) is 41.8 Å². The fourth-order valence-corrected chi connectivity index (χ4v) is 2.32. The molecule has 1 aromatic carbocycles. The highest BCUT2D eigenvalue weighted by Gasteiger charge is 2.22. The van der Waals surface area contributed by atoms with Gasteiger partial charge in [0.2, 0.25) is 0 Å². The molecule has 1 unspecified atom stereocenters. The Balaban J connectivity index is 2.41. The van der Waals surface area contributed by atoms with Crippen LogP contribution in [0.2, 0.25) is 0 Å². The molecule has 0 saturated heterocycles. The number of nitrogens with one attached hydrogen (secondary N) is 1. The first-order valence-electron chi connectivity index (χ1n) is 7.07. The summed E-state index contributed by atoms with van der Waals surface area (Å²) in [7, 11) is 0. The van der Waals surface area contributed by atoms with E-state index in [9.17, 15) is 10.1 Å². The number of furan rings is 1. The number of nitrogens with zero attached hydrogens (tertiary/aromatic N) is 1. The van der Waals surface area contributed by atoms with Crippen molar-refractivity contribution >= 4 is 5.88 Å². The molecular weight excluding hydrogens is 268 g/mol.